The summed E-state index contributed by atoms with van der Waals surface area (Å²) in [5.41, 5.74) is 1.78. The van der Waals surface area contributed by atoms with Crippen LogP contribution < -0.4 is 5.32 Å². The fraction of sp³-hybridized carbons (Fsp3) is 0.312. The Balaban J connectivity index is 1.44. The molecule has 1 aliphatic rings. The van der Waals surface area contributed by atoms with Crippen molar-refractivity contribution < 1.29 is 9.53 Å². The van der Waals surface area contributed by atoms with Crippen molar-refractivity contribution in [3.63, 3.8) is 0 Å². The quantitative estimate of drug-likeness (QED) is 0.799. The number of imidazole rings is 1. The normalized spacial score (nSPS) is 17.7. The number of hydrogen-bond acceptors (Lipinski definition) is 4. The van der Waals surface area contributed by atoms with Crippen molar-refractivity contribution in [2.24, 2.45) is 0 Å². The van der Waals surface area contributed by atoms with Crippen molar-refractivity contribution in [2.75, 3.05) is 11.9 Å². The third-order valence-electron chi connectivity index (χ3n) is 3.90. The van der Waals surface area contributed by atoms with E-state index < -0.39 is 0 Å². The van der Waals surface area contributed by atoms with Crippen LogP contribution in [0.3, 0.4) is 0 Å². The Morgan fingerprint density at radius 1 is 1.39 bits per heavy atom. The van der Waals surface area contributed by atoms with Gasteiger partial charge in [-0.2, -0.15) is 5.10 Å². The van der Waals surface area contributed by atoms with Crippen molar-refractivity contribution in [3.8, 4) is 0 Å². The van der Waals surface area contributed by atoms with Crippen LogP contribution in [0.4, 0.5) is 5.69 Å². The van der Waals surface area contributed by atoms with E-state index in [1.165, 1.54) is 0 Å². The van der Waals surface area contributed by atoms with Gasteiger partial charge < -0.3 is 14.5 Å². The fourth-order valence-corrected chi connectivity index (χ4v) is 2.76. The predicted molar refractivity (Wildman–Crippen MR) is 84.3 cm³/mol. The lowest BCUT2D eigenvalue weighted by Crippen LogP contribution is -2.15. The molecule has 1 fully saturated rings. The number of carbonyl (C=O) groups is 1. The molecular formula is C16H17N5O2. The Kier molecular flexibility index (Phi) is 3.55. The first-order valence-electron chi connectivity index (χ1n) is 7.67. The average molecular weight is 311 g/mol. The molecule has 0 aliphatic carbocycles. The lowest BCUT2D eigenvalue weighted by molar-refractivity contribution is 0.0940. The number of rotatable bonds is 4. The van der Waals surface area contributed by atoms with E-state index in [2.05, 4.69) is 15.4 Å². The molecule has 0 bridgehead atoms. The minimum absolute atomic E-state index is 0.219. The van der Waals surface area contributed by atoms with Crippen molar-refractivity contribution in [1.82, 2.24) is 19.2 Å². The maximum absolute atomic E-state index is 12.3. The van der Waals surface area contributed by atoms with Crippen molar-refractivity contribution in [1.29, 1.82) is 0 Å². The number of anilines is 1. The summed E-state index contributed by atoms with van der Waals surface area (Å²) in [7, 11) is 0. The van der Waals surface area contributed by atoms with Crippen LogP contribution in [0.1, 0.15) is 23.3 Å². The molecule has 0 spiro atoms. The number of amides is 1. The van der Waals surface area contributed by atoms with Gasteiger partial charge in [-0.15, -0.1) is 0 Å². The third kappa shape index (κ3) is 2.95. The van der Waals surface area contributed by atoms with Crippen LogP contribution in [0.15, 0.2) is 43.0 Å². The van der Waals surface area contributed by atoms with Gasteiger partial charge in [0, 0.05) is 25.2 Å². The third-order valence-corrected chi connectivity index (χ3v) is 3.90. The van der Waals surface area contributed by atoms with Crippen LogP contribution in [-0.4, -0.2) is 37.8 Å². The largest absolute Gasteiger partial charge is 0.376 e. The SMILES string of the molecule is O=C(Nc1cnn(C[C@H]2CCCO2)c1)c1cn2ccccc2n1. The summed E-state index contributed by atoms with van der Waals surface area (Å²) < 4.78 is 9.21. The number of nitrogens with one attached hydrogen (secondary N) is 1. The van der Waals surface area contributed by atoms with E-state index in [9.17, 15) is 4.79 Å². The predicted octanol–water partition coefficient (Wildman–Crippen LogP) is 1.96. The smallest absolute Gasteiger partial charge is 0.275 e. The molecule has 7 heteroatoms. The van der Waals surface area contributed by atoms with Crippen LogP contribution in [-0.2, 0) is 11.3 Å². The molecule has 1 saturated heterocycles. The summed E-state index contributed by atoms with van der Waals surface area (Å²) in [5, 5.41) is 7.09. The highest BCUT2D eigenvalue weighted by molar-refractivity contribution is 6.03. The molecule has 3 aromatic rings. The maximum atomic E-state index is 12.3. The van der Waals surface area contributed by atoms with Crippen LogP contribution in [0.2, 0.25) is 0 Å². The second kappa shape index (κ2) is 5.85. The molecule has 1 N–H and O–H groups in total. The van der Waals surface area contributed by atoms with E-state index in [1.807, 2.05) is 35.0 Å². The van der Waals surface area contributed by atoms with Crippen LogP contribution >= 0.6 is 0 Å². The number of hydrogen-bond donors (Lipinski definition) is 1. The van der Waals surface area contributed by atoms with Crippen LogP contribution in [0, 0.1) is 0 Å². The molecule has 118 valence electrons. The molecule has 4 rings (SSSR count). The Morgan fingerprint density at radius 2 is 2.35 bits per heavy atom. The molecule has 3 aromatic heterocycles. The van der Waals surface area contributed by atoms with Gasteiger partial charge in [-0.05, 0) is 25.0 Å². The number of fused-ring (bicyclic) bond motifs is 1. The van der Waals surface area contributed by atoms with Crippen molar-refractivity contribution >= 4 is 17.2 Å². The Morgan fingerprint density at radius 3 is 3.17 bits per heavy atom. The van der Waals surface area contributed by atoms with E-state index in [0.29, 0.717) is 17.9 Å². The van der Waals surface area contributed by atoms with Gasteiger partial charge in [0.05, 0.1) is 24.5 Å². The zero-order valence-electron chi connectivity index (χ0n) is 12.6. The number of carbonyl (C=O) groups excluding carboxylic acids is 1. The van der Waals surface area contributed by atoms with Gasteiger partial charge in [0.15, 0.2) is 0 Å². The lowest BCUT2D eigenvalue weighted by atomic mass is 10.2. The van der Waals surface area contributed by atoms with E-state index in [4.69, 9.17) is 4.74 Å². The Labute approximate surface area is 132 Å². The highest BCUT2D eigenvalue weighted by Gasteiger charge is 2.17. The van der Waals surface area contributed by atoms with Gasteiger partial charge in [-0.1, -0.05) is 6.07 Å². The van der Waals surface area contributed by atoms with Crippen LogP contribution in [0.25, 0.3) is 5.65 Å². The topological polar surface area (TPSA) is 73.5 Å². The number of pyridine rings is 1. The first kappa shape index (κ1) is 14.0. The molecular weight excluding hydrogens is 294 g/mol. The highest BCUT2D eigenvalue weighted by Crippen LogP contribution is 2.15. The second-order valence-corrected chi connectivity index (χ2v) is 5.63. The molecule has 1 amide bonds. The van der Waals surface area contributed by atoms with Crippen molar-refractivity contribution in [2.45, 2.75) is 25.5 Å². The van der Waals surface area contributed by atoms with Gasteiger partial charge in [-0.25, -0.2) is 4.98 Å². The Hall–Kier alpha value is -2.67. The lowest BCUT2D eigenvalue weighted by Gasteiger charge is -2.08. The van der Waals surface area contributed by atoms with E-state index in [0.717, 1.165) is 25.1 Å². The van der Waals surface area contributed by atoms with Gasteiger partial charge in [-0.3, -0.25) is 9.48 Å². The molecule has 1 atom stereocenters. The minimum atomic E-state index is -0.245. The summed E-state index contributed by atoms with van der Waals surface area (Å²) in [6, 6.07) is 5.64. The summed E-state index contributed by atoms with van der Waals surface area (Å²) >= 11 is 0. The fourth-order valence-electron chi connectivity index (χ4n) is 2.76. The first-order chi connectivity index (χ1) is 11.3. The number of ether oxygens (including phenoxy) is 1. The number of nitrogens with zero attached hydrogens (tertiary/aromatic N) is 4. The van der Waals surface area contributed by atoms with Crippen LogP contribution in [0.5, 0.6) is 0 Å². The molecule has 0 aromatic carbocycles. The summed E-state index contributed by atoms with van der Waals surface area (Å²) in [6.45, 7) is 1.54. The molecule has 0 unspecified atom stereocenters. The molecule has 1 aliphatic heterocycles. The van der Waals surface area contributed by atoms with Crippen molar-refractivity contribution in [3.05, 3.63) is 48.7 Å². The zero-order valence-corrected chi connectivity index (χ0v) is 12.6. The molecule has 7 nitrogen and oxygen atoms in total. The summed E-state index contributed by atoms with van der Waals surface area (Å²) in [5.74, 6) is -0.245. The first-order valence-corrected chi connectivity index (χ1v) is 7.67. The summed E-state index contributed by atoms with van der Waals surface area (Å²) in [4.78, 5) is 16.6. The second-order valence-electron chi connectivity index (χ2n) is 5.63. The standard InChI is InChI=1S/C16H17N5O2/c22-16(14-11-20-6-2-1-5-15(20)19-14)18-12-8-17-21(9-12)10-13-4-3-7-23-13/h1-2,5-6,8-9,11,13H,3-4,7,10H2,(H,18,22)/t13-/m1/s1. The minimum Gasteiger partial charge on any atom is -0.376 e. The van der Waals surface area contributed by atoms with Gasteiger partial charge in [0.1, 0.15) is 11.3 Å². The monoisotopic (exact) mass is 311 g/mol. The van der Waals surface area contributed by atoms with E-state index >= 15 is 0 Å². The molecule has 0 radical (unpaired) electrons. The molecule has 0 saturated carbocycles. The molecule has 23 heavy (non-hydrogen) atoms. The maximum Gasteiger partial charge on any atom is 0.275 e. The average Bonchev–Trinajstić information content (AvgIpc) is 3.28. The van der Waals surface area contributed by atoms with Gasteiger partial charge in [0.2, 0.25) is 0 Å². The number of aromatic nitrogens is 4. The van der Waals surface area contributed by atoms with E-state index in [-0.39, 0.29) is 12.0 Å². The van der Waals surface area contributed by atoms with Gasteiger partial charge >= 0.3 is 0 Å². The molecule has 4 heterocycles. The van der Waals surface area contributed by atoms with Gasteiger partial charge in [0.25, 0.3) is 5.91 Å². The zero-order chi connectivity index (χ0) is 15.6. The van der Waals surface area contributed by atoms with E-state index in [1.54, 1.807) is 17.1 Å². The Bertz CT molecular complexity index is 799. The highest BCUT2D eigenvalue weighted by atomic mass is 16.5. The summed E-state index contributed by atoms with van der Waals surface area (Å²) in [6.07, 6.45) is 9.40.